The van der Waals surface area contributed by atoms with Crippen molar-refractivity contribution in [3.63, 3.8) is 0 Å². The van der Waals surface area contributed by atoms with E-state index < -0.39 is 0 Å². The van der Waals surface area contributed by atoms with E-state index in [1.807, 2.05) is 80.3 Å². The molecule has 0 aliphatic carbocycles. The quantitative estimate of drug-likeness (QED) is 0.437. The summed E-state index contributed by atoms with van der Waals surface area (Å²) < 4.78 is 5.94. The number of rotatable bonds is 9. The highest BCUT2D eigenvalue weighted by Crippen LogP contribution is 2.38. The average Bonchev–Trinajstić information content (AvgIpc) is 3.10. The second-order valence-electron chi connectivity index (χ2n) is 8.35. The SMILES string of the molecule is CCN(CCc1ccncc1)C1=C(c2ccccc2)C(=O)N(c2ccccc2OC(C)C)C1=O. The van der Waals surface area contributed by atoms with Gasteiger partial charge in [-0.2, -0.15) is 0 Å². The third-order valence-corrected chi connectivity index (χ3v) is 5.71. The highest BCUT2D eigenvalue weighted by molar-refractivity contribution is 6.45. The molecule has 0 unspecified atom stereocenters. The molecule has 0 fully saturated rings. The molecule has 2 heterocycles. The van der Waals surface area contributed by atoms with Crippen LogP contribution in [0.2, 0.25) is 0 Å². The van der Waals surface area contributed by atoms with E-state index in [4.69, 9.17) is 4.74 Å². The number of imide groups is 1. The minimum atomic E-state index is -0.339. The molecule has 0 spiro atoms. The molecule has 4 rings (SSSR count). The summed E-state index contributed by atoms with van der Waals surface area (Å²) in [6.07, 6.45) is 4.16. The first-order valence-corrected chi connectivity index (χ1v) is 11.6. The topological polar surface area (TPSA) is 62.7 Å². The Hall–Kier alpha value is -3.93. The molecular formula is C28H29N3O3. The van der Waals surface area contributed by atoms with Crippen LogP contribution in [0, 0.1) is 0 Å². The lowest BCUT2D eigenvalue weighted by Crippen LogP contribution is -2.36. The van der Waals surface area contributed by atoms with Crippen LogP contribution >= 0.6 is 0 Å². The van der Waals surface area contributed by atoms with Crippen molar-refractivity contribution in [2.24, 2.45) is 0 Å². The van der Waals surface area contributed by atoms with Gasteiger partial charge in [-0.05, 0) is 62.6 Å². The number of likely N-dealkylation sites (N-methyl/N-ethyl adjacent to an activating group) is 1. The average molecular weight is 456 g/mol. The molecule has 0 bridgehead atoms. The van der Waals surface area contributed by atoms with Crippen molar-refractivity contribution >= 4 is 23.1 Å². The number of nitrogens with zero attached hydrogens (tertiary/aromatic N) is 3. The Labute approximate surface area is 200 Å². The van der Waals surface area contributed by atoms with Crippen molar-refractivity contribution in [1.82, 2.24) is 9.88 Å². The van der Waals surface area contributed by atoms with Gasteiger partial charge in [0.05, 0.1) is 17.4 Å². The number of hydrogen-bond donors (Lipinski definition) is 0. The molecule has 1 aliphatic rings. The van der Waals surface area contributed by atoms with E-state index in [1.54, 1.807) is 24.5 Å². The van der Waals surface area contributed by atoms with Gasteiger partial charge < -0.3 is 9.64 Å². The largest absolute Gasteiger partial charge is 0.489 e. The normalized spacial score (nSPS) is 13.7. The zero-order valence-electron chi connectivity index (χ0n) is 19.8. The predicted molar refractivity (Wildman–Crippen MR) is 133 cm³/mol. The molecule has 6 heteroatoms. The molecule has 1 aliphatic heterocycles. The van der Waals surface area contributed by atoms with Crippen LogP contribution in [0.25, 0.3) is 5.57 Å². The molecule has 0 radical (unpaired) electrons. The van der Waals surface area contributed by atoms with Gasteiger partial charge in [-0.3, -0.25) is 14.6 Å². The van der Waals surface area contributed by atoms with E-state index in [9.17, 15) is 9.59 Å². The maximum Gasteiger partial charge on any atom is 0.282 e. The lowest BCUT2D eigenvalue weighted by Gasteiger charge is -2.25. The second kappa shape index (κ2) is 10.3. The van der Waals surface area contributed by atoms with Crippen LogP contribution in [0.15, 0.2) is 84.8 Å². The Morgan fingerprint density at radius 1 is 0.912 bits per heavy atom. The Morgan fingerprint density at radius 3 is 2.26 bits per heavy atom. The van der Waals surface area contributed by atoms with E-state index in [2.05, 4.69) is 4.98 Å². The zero-order chi connectivity index (χ0) is 24.1. The third-order valence-electron chi connectivity index (χ3n) is 5.71. The molecule has 2 aromatic carbocycles. The van der Waals surface area contributed by atoms with Gasteiger partial charge in [0.1, 0.15) is 11.4 Å². The summed E-state index contributed by atoms with van der Waals surface area (Å²) in [5.74, 6) is -0.165. The van der Waals surface area contributed by atoms with E-state index in [0.717, 1.165) is 17.5 Å². The molecule has 1 aromatic heterocycles. The molecule has 0 atom stereocenters. The Bertz CT molecular complexity index is 1190. The monoisotopic (exact) mass is 455 g/mol. The van der Waals surface area contributed by atoms with Crippen molar-refractivity contribution in [2.75, 3.05) is 18.0 Å². The fourth-order valence-corrected chi connectivity index (χ4v) is 4.13. The van der Waals surface area contributed by atoms with E-state index >= 15 is 0 Å². The van der Waals surface area contributed by atoms with E-state index in [0.29, 0.717) is 35.8 Å². The van der Waals surface area contributed by atoms with Crippen LogP contribution in [-0.2, 0) is 16.0 Å². The van der Waals surface area contributed by atoms with Gasteiger partial charge >= 0.3 is 0 Å². The first-order valence-electron chi connectivity index (χ1n) is 11.6. The predicted octanol–water partition coefficient (Wildman–Crippen LogP) is 4.72. The molecule has 6 nitrogen and oxygen atoms in total. The maximum atomic E-state index is 13.9. The molecule has 0 N–H and O–H groups in total. The number of ether oxygens (including phenoxy) is 1. The van der Waals surface area contributed by atoms with Gasteiger partial charge in [0.25, 0.3) is 11.8 Å². The van der Waals surface area contributed by atoms with Crippen LogP contribution < -0.4 is 9.64 Å². The molecule has 2 amide bonds. The van der Waals surface area contributed by atoms with Crippen molar-refractivity contribution < 1.29 is 14.3 Å². The number of carbonyl (C=O) groups is 2. The minimum absolute atomic E-state index is 0.0949. The van der Waals surface area contributed by atoms with Crippen LogP contribution in [0.5, 0.6) is 5.75 Å². The number of anilines is 1. The van der Waals surface area contributed by atoms with Gasteiger partial charge in [-0.25, -0.2) is 4.90 Å². The highest BCUT2D eigenvalue weighted by Gasteiger charge is 2.43. The number of aromatic nitrogens is 1. The van der Waals surface area contributed by atoms with Crippen molar-refractivity contribution in [3.05, 3.63) is 95.9 Å². The minimum Gasteiger partial charge on any atom is -0.489 e. The fourth-order valence-electron chi connectivity index (χ4n) is 4.13. The van der Waals surface area contributed by atoms with Gasteiger partial charge in [0, 0.05) is 25.5 Å². The van der Waals surface area contributed by atoms with Crippen molar-refractivity contribution in [3.8, 4) is 5.75 Å². The van der Waals surface area contributed by atoms with Crippen LogP contribution in [0.1, 0.15) is 31.9 Å². The summed E-state index contributed by atoms with van der Waals surface area (Å²) in [7, 11) is 0. The van der Waals surface area contributed by atoms with E-state index in [1.165, 1.54) is 4.90 Å². The van der Waals surface area contributed by atoms with Crippen LogP contribution in [-0.4, -0.2) is 40.9 Å². The summed E-state index contributed by atoms with van der Waals surface area (Å²) in [4.78, 5) is 35.0. The Morgan fingerprint density at radius 2 is 1.59 bits per heavy atom. The van der Waals surface area contributed by atoms with Gasteiger partial charge in [-0.1, -0.05) is 42.5 Å². The number of hydrogen-bond acceptors (Lipinski definition) is 5. The number of pyridine rings is 1. The lowest BCUT2D eigenvalue weighted by atomic mass is 10.0. The van der Waals surface area contributed by atoms with Crippen molar-refractivity contribution in [2.45, 2.75) is 33.3 Å². The summed E-state index contributed by atoms with van der Waals surface area (Å²) in [5, 5.41) is 0. The number of para-hydroxylation sites is 2. The maximum absolute atomic E-state index is 13.9. The molecule has 3 aromatic rings. The fraction of sp³-hybridized carbons (Fsp3) is 0.250. The summed E-state index contributed by atoms with van der Waals surface area (Å²) in [6, 6.07) is 20.5. The number of benzene rings is 2. The second-order valence-corrected chi connectivity index (χ2v) is 8.35. The van der Waals surface area contributed by atoms with Crippen molar-refractivity contribution in [1.29, 1.82) is 0 Å². The first kappa shape index (κ1) is 23.2. The third kappa shape index (κ3) is 4.71. The van der Waals surface area contributed by atoms with Gasteiger partial charge in [0.2, 0.25) is 0 Å². The zero-order valence-corrected chi connectivity index (χ0v) is 19.8. The molecule has 174 valence electrons. The molecule has 0 saturated carbocycles. The molecule has 34 heavy (non-hydrogen) atoms. The number of carbonyl (C=O) groups excluding carboxylic acids is 2. The molecular weight excluding hydrogens is 426 g/mol. The van der Waals surface area contributed by atoms with Crippen LogP contribution in [0.3, 0.4) is 0 Å². The molecule has 0 saturated heterocycles. The lowest BCUT2D eigenvalue weighted by molar-refractivity contribution is -0.120. The standard InChI is InChI=1S/C28H29N3O3/c1-4-30(19-16-21-14-17-29-18-15-21)26-25(22-10-6-5-7-11-22)27(32)31(28(26)33)23-12-8-9-13-24(23)34-20(2)3/h5-15,17-18,20H,4,16,19H2,1-3H3. The smallest absolute Gasteiger partial charge is 0.282 e. The Balaban J connectivity index is 1.76. The first-order chi connectivity index (χ1) is 16.5. The van der Waals surface area contributed by atoms with Gasteiger partial charge in [0.15, 0.2) is 0 Å². The van der Waals surface area contributed by atoms with Gasteiger partial charge in [-0.15, -0.1) is 0 Å². The highest BCUT2D eigenvalue weighted by atomic mass is 16.5. The van der Waals surface area contributed by atoms with Crippen LogP contribution in [0.4, 0.5) is 5.69 Å². The Kier molecular flexibility index (Phi) is 7.07. The summed E-state index contributed by atoms with van der Waals surface area (Å²) in [5.41, 5.74) is 3.15. The number of amides is 2. The summed E-state index contributed by atoms with van der Waals surface area (Å²) >= 11 is 0. The van der Waals surface area contributed by atoms with E-state index in [-0.39, 0.29) is 17.9 Å². The summed E-state index contributed by atoms with van der Waals surface area (Å²) in [6.45, 7) is 7.03.